The predicted octanol–water partition coefficient (Wildman–Crippen LogP) is 6.46. The molecule has 0 N–H and O–H groups in total. The Bertz CT molecular complexity index is 968. The van der Waals surface area contributed by atoms with E-state index in [4.69, 9.17) is 21.1 Å². The first-order chi connectivity index (χ1) is 15.0. The van der Waals surface area contributed by atoms with E-state index in [9.17, 15) is 9.59 Å². The number of aryl methyl sites for hydroxylation is 1. The Hall–Kier alpha value is -2.33. The summed E-state index contributed by atoms with van der Waals surface area (Å²) < 4.78 is 10.6. The SMILES string of the molecule is CCC(CC)(c1ccc(OCC(=O)C(C)(C)C)c(C)c1)c1ccc(CC(=O)OC)c(Cl)c1. The molecule has 0 unspecified atom stereocenters. The molecule has 5 heteroatoms. The number of hydrogen-bond donors (Lipinski definition) is 0. The van der Waals surface area contributed by atoms with Crippen molar-refractivity contribution >= 4 is 23.4 Å². The average molecular weight is 459 g/mol. The van der Waals surface area contributed by atoms with E-state index in [2.05, 4.69) is 32.0 Å². The molecule has 0 heterocycles. The summed E-state index contributed by atoms with van der Waals surface area (Å²) in [6.45, 7) is 12.1. The Morgan fingerprint density at radius 2 is 1.56 bits per heavy atom. The van der Waals surface area contributed by atoms with Crippen molar-refractivity contribution in [2.45, 2.75) is 66.2 Å². The third kappa shape index (κ3) is 5.72. The summed E-state index contributed by atoms with van der Waals surface area (Å²) in [6.07, 6.45) is 1.93. The lowest BCUT2D eigenvalue weighted by Gasteiger charge is -2.34. The largest absolute Gasteiger partial charge is 0.486 e. The molecule has 0 bridgehead atoms. The fourth-order valence-corrected chi connectivity index (χ4v) is 4.17. The number of halogens is 1. The van der Waals surface area contributed by atoms with Gasteiger partial charge in [0.15, 0.2) is 5.78 Å². The summed E-state index contributed by atoms with van der Waals surface area (Å²) in [5.41, 5.74) is 3.38. The minimum atomic E-state index is -0.424. The highest BCUT2D eigenvalue weighted by molar-refractivity contribution is 6.31. The number of ketones is 1. The minimum Gasteiger partial charge on any atom is -0.486 e. The molecule has 32 heavy (non-hydrogen) atoms. The molecule has 0 saturated carbocycles. The molecule has 2 aromatic carbocycles. The van der Waals surface area contributed by atoms with Gasteiger partial charge in [0.1, 0.15) is 12.4 Å². The van der Waals surface area contributed by atoms with Crippen molar-refractivity contribution in [1.82, 2.24) is 0 Å². The van der Waals surface area contributed by atoms with Crippen LogP contribution in [-0.2, 0) is 26.2 Å². The summed E-state index contributed by atoms with van der Waals surface area (Å²) in [7, 11) is 1.37. The van der Waals surface area contributed by atoms with E-state index >= 15 is 0 Å². The van der Waals surface area contributed by atoms with Crippen LogP contribution < -0.4 is 4.74 Å². The van der Waals surface area contributed by atoms with Gasteiger partial charge in [0.25, 0.3) is 0 Å². The molecule has 0 saturated heterocycles. The van der Waals surface area contributed by atoms with E-state index in [-0.39, 0.29) is 30.2 Å². The van der Waals surface area contributed by atoms with Gasteiger partial charge >= 0.3 is 5.97 Å². The number of ether oxygens (including phenoxy) is 2. The molecule has 0 atom stereocenters. The lowest BCUT2D eigenvalue weighted by Crippen LogP contribution is -2.27. The first-order valence-electron chi connectivity index (χ1n) is 11.1. The van der Waals surface area contributed by atoms with Crippen molar-refractivity contribution in [2.24, 2.45) is 5.41 Å². The normalized spacial score (nSPS) is 11.9. The van der Waals surface area contributed by atoms with Gasteiger partial charge in [-0.3, -0.25) is 9.59 Å². The van der Waals surface area contributed by atoms with Crippen molar-refractivity contribution in [1.29, 1.82) is 0 Å². The summed E-state index contributed by atoms with van der Waals surface area (Å²) in [5.74, 6) is 0.478. The Morgan fingerprint density at radius 3 is 2.06 bits per heavy atom. The quantitative estimate of drug-likeness (QED) is 0.404. The second-order valence-electron chi connectivity index (χ2n) is 9.29. The third-order valence-electron chi connectivity index (χ3n) is 6.30. The molecule has 4 nitrogen and oxygen atoms in total. The van der Waals surface area contributed by atoms with E-state index in [0.29, 0.717) is 5.02 Å². The molecule has 0 radical (unpaired) electrons. The number of methoxy groups -OCH3 is 1. The van der Waals surface area contributed by atoms with E-state index in [1.54, 1.807) is 0 Å². The van der Waals surface area contributed by atoms with Gasteiger partial charge in [-0.05, 0) is 54.2 Å². The molecular formula is C27H35ClO4. The van der Waals surface area contributed by atoms with Gasteiger partial charge in [-0.15, -0.1) is 0 Å². The number of carbonyl (C=O) groups excluding carboxylic acids is 2. The summed E-state index contributed by atoms with van der Waals surface area (Å²) in [5, 5.41) is 0.566. The van der Waals surface area contributed by atoms with Crippen LogP contribution in [0.5, 0.6) is 5.75 Å². The van der Waals surface area contributed by atoms with Gasteiger partial charge in [0, 0.05) is 15.9 Å². The van der Waals surface area contributed by atoms with Gasteiger partial charge in [0.05, 0.1) is 13.5 Å². The zero-order chi connectivity index (χ0) is 24.1. The minimum absolute atomic E-state index is 0.0631. The van der Waals surface area contributed by atoms with Crippen molar-refractivity contribution in [3.05, 3.63) is 63.7 Å². The standard InChI is InChI=1S/C27H35ClO4/c1-8-27(9-2,21-11-10-19(22(28)16-21)15-25(30)31-7)20-12-13-23(18(3)14-20)32-17-24(29)26(4,5)6/h10-14,16H,8-9,15,17H2,1-7H3. The Labute approximate surface area is 197 Å². The second-order valence-corrected chi connectivity index (χ2v) is 9.70. The number of benzene rings is 2. The fraction of sp³-hybridized carbons (Fsp3) is 0.481. The Morgan fingerprint density at radius 1 is 0.969 bits per heavy atom. The maximum atomic E-state index is 12.2. The zero-order valence-corrected chi connectivity index (χ0v) is 21.1. The van der Waals surface area contributed by atoms with Gasteiger partial charge in [-0.1, -0.05) is 70.5 Å². The molecule has 0 spiro atoms. The van der Waals surface area contributed by atoms with Crippen LogP contribution in [0.15, 0.2) is 36.4 Å². The molecule has 174 valence electrons. The molecule has 2 aromatic rings. The summed E-state index contributed by atoms with van der Waals surface area (Å²) >= 11 is 6.54. The highest BCUT2D eigenvalue weighted by Gasteiger charge is 2.32. The van der Waals surface area contributed by atoms with Gasteiger partial charge in [-0.2, -0.15) is 0 Å². The van der Waals surface area contributed by atoms with Crippen molar-refractivity contribution in [3.63, 3.8) is 0 Å². The predicted molar refractivity (Wildman–Crippen MR) is 130 cm³/mol. The second kappa shape index (κ2) is 10.5. The number of carbonyl (C=O) groups is 2. The number of Topliss-reactive ketones (excluding diaryl/α,β-unsaturated/α-hetero) is 1. The summed E-state index contributed by atoms with van der Waals surface area (Å²) in [6, 6.07) is 12.1. The first-order valence-corrected chi connectivity index (χ1v) is 11.5. The monoisotopic (exact) mass is 458 g/mol. The van der Waals surface area contributed by atoms with Crippen LogP contribution >= 0.6 is 11.6 Å². The highest BCUT2D eigenvalue weighted by atomic mass is 35.5. The first kappa shape index (κ1) is 25.9. The van der Waals surface area contributed by atoms with Crippen LogP contribution in [0.25, 0.3) is 0 Å². The van der Waals surface area contributed by atoms with Crippen LogP contribution in [0, 0.1) is 12.3 Å². The van der Waals surface area contributed by atoms with Crippen LogP contribution in [0.4, 0.5) is 0 Å². The van der Waals surface area contributed by atoms with E-state index in [0.717, 1.165) is 35.3 Å². The van der Waals surface area contributed by atoms with Crippen LogP contribution in [0.2, 0.25) is 5.02 Å². The van der Waals surface area contributed by atoms with E-state index in [1.165, 1.54) is 12.7 Å². The Balaban J connectivity index is 2.37. The lowest BCUT2D eigenvalue weighted by atomic mass is 9.70. The summed E-state index contributed by atoms with van der Waals surface area (Å²) in [4.78, 5) is 23.9. The molecule has 2 rings (SSSR count). The Kier molecular flexibility index (Phi) is 8.53. The van der Waals surface area contributed by atoms with E-state index < -0.39 is 5.41 Å². The molecule has 0 aromatic heterocycles. The highest BCUT2D eigenvalue weighted by Crippen LogP contribution is 2.41. The number of esters is 1. The molecule has 0 aliphatic heterocycles. The van der Waals surface area contributed by atoms with Gasteiger partial charge < -0.3 is 9.47 Å². The topological polar surface area (TPSA) is 52.6 Å². The fourth-order valence-electron chi connectivity index (χ4n) is 3.92. The van der Waals surface area contributed by atoms with Crippen LogP contribution in [0.1, 0.15) is 69.7 Å². The maximum Gasteiger partial charge on any atom is 0.310 e. The maximum absolute atomic E-state index is 12.2. The number of rotatable bonds is 9. The van der Waals surface area contributed by atoms with Crippen LogP contribution in [-0.4, -0.2) is 25.5 Å². The van der Waals surface area contributed by atoms with Crippen molar-refractivity contribution < 1.29 is 19.1 Å². The molecule has 0 amide bonds. The molecule has 0 fully saturated rings. The molecule has 0 aliphatic rings. The smallest absolute Gasteiger partial charge is 0.310 e. The number of hydrogen-bond acceptors (Lipinski definition) is 4. The third-order valence-corrected chi connectivity index (χ3v) is 6.65. The van der Waals surface area contributed by atoms with Crippen molar-refractivity contribution in [2.75, 3.05) is 13.7 Å². The van der Waals surface area contributed by atoms with Gasteiger partial charge in [0.2, 0.25) is 0 Å². The van der Waals surface area contributed by atoms with Gasteiger partial charge in [-0.25, -0.2) is 0 Å². The average Bonchev–Trinajstić information content (AvgIpc) is 2.75. The van der Waals surface area contributed by atoms with Crippen molar-refractivity contribution in [3.8, 4) is 5.75 Å². The lowest BCUT2D eigenvalue weighted by molar-refractivity contribution is -0.139. The van der Waals surface area contributed by atoms with Crippen LogP contribution in [0.3, 0.4) is 0 Å². The van der Waals surface area contributed by atoms with E-state index in [1.807, 2.05) is 45.9 Å². The molecular weight excluding hydrogens is 424 g/mol. The zero-order valence-electron chi connectivity index (χ0n) is 20.3. The molecule has 0 aliphatic carbocycles.